The molecule has 0 fully saturated rings. The van der Waals surface area contributed by atoms with Crippen LogP contribution in [0.25, 0.3) is 0 Å². The molecule has 0 radical (unpaired) electrons. The van der Waals surface area contributed by atoms with Gasteiger partial charge in [0.2, 0.25) is 5.78 Å². The maximum atomic E-state index is 12.5. The van der Waals surface area contributed by atoms with Gasteiger partial charge >= 0.3 is 0 Å². The Labute approximate surface area is 138 Å². The molecule has 0 unspecified atom stereocenters. The highest BCUT2D eigenvalue weighted by atomic mass is 32.2. The molecule has 24 heavy (non-hydrogen) atoms. The maximum absolute atomic E-state index is 12.5. The lowest BCUT2D eigenvalue weighted by atomic mass is 10.1. The molecule has 0 saturated carbocycles. The Kier molecular flexibility index (Phi) is 4.22. The van der Waals surface area contributed by atoms with Crippen LogP contribution < -0.4 is 9.46 Å². The van der Waals surface area contributed by atoms with Crippen LogP contribution >= 0.6 is 0 Å². The van der Waals surface area contributed by atoms with Crippen LogP contribution in [-0.4, -0.2) is 33.6 Å². The monoisotopic (exact) mass is 346 g/mol. The predicted molar refractivity (Wildman–Crippen MR) is 87.7 cm³/mol. The van der Waals surface area contributed by atoms with Crippen LogP contribution in [0.5, 0.6) is 5.75 Å². The fourth-order valence-electron chi connectivity index (χ4n) is 2.23. The number of anilines is 1. The summed E-state index contributed by atoms with van der Waals surface area (Å²) in [6, 6.07) is 12.6. The SMILES string of the molecule is COc1ccc(C2=NOCC2=O)cc1NS(=O)(=O)c1ccccc1. The molecule has 2 aromatic rings. The van der Waals surface area contributed by atoms with Gasteiger partial charge in [-0.1, -0.05) is 23.4 Å². The Bertz CT molecular complexity index is 907. The number of carbonyl (C=O) groups excluding carboxylic acids is 1. The Hall–Kier alpha value is -2.87. The molecule has 0 aliphatic carbocycles. The largest absolute Gasteiger partial charge is 0.495 e. The lowest BCUT2D eigenvalue weighted by Gasteiger charge is -2.13. The number of oxime groups is 1. The lowest BCUT2D eigenvalue weighted by Crippen LogP contribution is -2.16. The third-order valence-electron chi connectivity index (χ3n) is 3.39. The number of nitrogens with zero attached hydrogens (tertiary/aromatic N) is 1. The summed E-state index contributed by atoms with van der Waals surface area (Å²) < 4.78 is 32.6. The number of benzene rings is 2. The zero-order chi connectivity index (χ0) is 17.2. The van der Waals surface area contributed by atoms with Crippen LogP contribution in [0.4, 0.5) is 5.69 Å². The number of sulfonamides is 1. The highest BCUT2D eigenvalue weighted by Gasteiger charge is 2.23. The molecule has 1 aliphatic heterocycles. The van der Waals surface area contributed by atoms with Crippen molar-refractivity contribution in [3.8, 4) is 5.75 Å². The summed E-state index contributed by atoms with van der Waals surface area (Å²) in [7, 11) is -2.36. The fourth-order valence-corrected chi connectivity index (χ4v) is 3.31. The second-order valence-electron chi connectivity index (χ2n) is 4.97. The molecule has 0 saturated heterocycles. The normalized spacial score (nSPS) is 14.0. The van der Waals surface area contributed by atoms with Crippen molar-refractivity contribution in [3.63, 3.8) is 0 Å². The van der Waals surface area contributed by atoms with Gasteiger partial charge in [-0.25, -0.2) is 8.42 Å². The number of carbonyl (C=O) groups is 1. The van der Waals surface area contributed by atoms with Gasteiger partial charge in [0.05, 0.1) is 17.7 Å². The lowest BCUT2D eigenvalue weighted by molar-refractivity contribution is -0.114. The van der Waals surface area contributed by atoms with Crippen molar-refractivity contribution in [3.05, 3.63) is 54.1 Å². The topological polar surface area (TPSA) is 94.1 Å². The molecule has 0 bridgehead atoms. The Morgan fingerprint density at radius 2 is 1.92 bits per heavy atom. The van der Waals surface area contributed by atoms with E-state index in [2.05, 4.69) is 9.88 Å². The minimum absolute atomic E-state index is 0.119. The van der Waals surface area contributed by atoms with Crippen molar-refractivity contribution in [2.24, 2.45) is 5.16 Å². The smallest absolute Gasteiger partial charge is 0.262 e. The van der Waals surface area contributed by atoms with Gasteiger partial charge in [0.1, 0.15) is 5.75 Å². The summed E-state index contributed by atoms with van der Waals surface area (Å²) in [5.74, 6) is 0.0576. The number of nitrogens with one attached hydrogen (secondary N) is 1. The summed E-state index contributed by atoms with van der Waals surface area (Å²) in [5, 5.41) is 3.69. The maximum Gasteiger partial charge on any atom is 0.262 e. The van der Waals surface area contributed by atoms with Crippen LogP contribution in [-0.2, 0) is 19.7 Å². The minimum Gasteiger partial charge on any atom is -0.495 e. The molecular weight excluding hydrogens is 332 g/mol. The molecule has 8 heteroatoms. The zero-order valence-electron chi connectivity index (χ0n) is 12.7. The van der Waals surface area contributed by atoms with E-state index in [1.54, 1.807) is 30.3 Å². The van der Waals surface area contributed by atoms with Crippen molar-refractivity contribution in [1.29, 1.82) is 0 Å². The molecular formula is C16H14N2O5S. The number of hydrogen-bond donors (Lipinski definition) is 1. The number of methoxy groups -OCH3 is 1. The number of rotatable bonds is 5. The molecule has 0 aromatic heterocycles. The summed E-state index contributed by atoms with van der Waals surface area (Å²) in [4.78, 5) is 16.6. The molecule has 0 atom stereocenters. The van der Waals surface area contributed by atoms with Crippen molar-refractivity contribution in [2.75, 3.05) is 18.4 Å². The summed E-state index contributed by atoms with van der Waals surface area (Å²) >= 11 is 0. The molecule has 7 nitrogen and oxygen atoms in total. The minimum atomic E-state index is -3.79. The van der Waals surface area contributed by atoms with Crippen molar-refractivity contribution < 1.29 is 22.8 Å². The van der Waals surface area contributed by atoms with E-state index in [0.29, 0.717) is 11.3 Å². The van der Waals surface area contributed by atoms with Gasteiger partial charge in [-0.15, -0.1) is 0 Å². The van der Waals surface area contributed by atoms with Gasteiger partial charge in [0.15, 0.2) is 12.3 Å². The average Bonchev–Trinajstić information content (AvgIpc) is 3.01. The van der Waals surface area contributed by atoms with E-state index in [-0.39, 0.29) is 28.7 Å². The molecule has 1 heterocycles. The summed E-state index contributed by atoms with van der Waals surface area (Å²) in [5.41, 5.74) is 0.808. The Balaban J connectivity index is 1.99. The van der Waals surface area contributed by atoms with E-state index in [9.17, 15) is 13.2 Å². The molecule has 0 spiro atoms. The highest BCUT2D eigenvalue weighted by Crippen LogP contribution is 2.29. The standard InChI is InChI=1S/C16H14N2O5S/c1-22-15-8-7-11(16-14(19)10-23-17-16)9-13(15)18-24(20,21)12-5-3-2-4-6-12/h2-9,18H,10H2,1H3. The van der Waals surface area contributed by atoms with E-state index in [1.165, 1.54) is 25.3 Å². The molecule has 3 rings (SSSR count). The van der Waals surface area contributed by atoms with E-state index >= 15 is 0 Å². The van der Waals surface area contributed by atoms with Gasteiger partial charge in [-0.3, -0.25) is 9.52 Å². The van der Waals surface area contributed by atoms with Crippen molar-refractivity contribution >= 4 is 27.2 Å². The average molecular weight is 346 g/mol. The predicted octanol–water partition coefficient (Wildman–Crippen LogP) is 1.80. The van der Waals surface area contributed by atoms with Crippen LogP contribution in [0.1, 0.15) is 5.56 Å². The number of Topliss-reactive ketones (excluding diaryl/α,β-unsaturated/α-hetero) is 1. The third kappa shape index (κ3) is 3.09. The van der Waals surface area contributed by atoms with E-state index in [4.69, 9.17) is 9.57 Å². The van der Waals surface area contributed by atoms with Crippen LogP contribution in [0.15, 0.2) is 58.6 Å². The van der Waals surface area contributed by atoms with Gasteiger partial charge in [0, 0.05) is 5.56 Å². The number of ether oxygens (including phenoxy) is 1. The first-order valence-corrected chi connectivity index (χ1v) is 8.49. The van der Waals surface area contributed by atoms with E-state index < -0.39 is 10.0 Å². The number of hydrogen-bond acceptors (Lipinski definition) is 6. The van der Waals surface area contributed by atoms with Crippen LogP contribution in [0.2, 0.25) is 0 Å². The fraction of sp³-hybridized carbons (Fsp3) is 0.125. The summed E-state index contributed by atoms with van der Waals surface area (Å²) in [6.45, 7) is -0.119. The van der Waals surface area contributed by atoms with E-state index in [0.717, 1.165) is 0 Å². The molecule has 1 N–H and O–H groups in total. The molecule has 1 aliphatic rings. The van der Waals surface area contributed by atoms with Crippen molar-refractivity contribution in [2.45, 2.75) is 4.90 Å². The molecule has 0 amide bonds. The Morgan fingerprint density at radius 1 is 1.17 bits per heavy atom. The first-order valence-electron chi connectivity index (χ1n) is 7.01. The van der Waals surface area contributed by atoms with Crippen LogP contribution in [0, 0.1) is 0 Å². The molecule has 124 valence electrons. The van der Waals surface area contributed by atoms with Gasteiger partial charge in [0.25, 0.3) is 10.0 Å². The highest BCUT2D eigenvalue weighted by molar-refractivity contribution is 7.92. The zero-order valence-corrected chi connectivity index (χ0v) is 13.5. The van der Waals surface area contributed by atoms with Gasteiger partial charge in [-0.05, 0) is 30.3 Å². The van der Waals surface area contributed by atoms with Gasteiger partial charge in [-0.2, -0.15) is 0 Å². The third-order valence-corrected chi connectivity index (χ3v) is 4.77. The van der Waals surface area contributed by atoms with E-state index in [1.807, 2.05) is 0 Å². The second kappa shape index (κ2) is 6.32. The first kappa shape index (κ1) is 16.0. The van der Waals surface area contributed by atoms with Crippen molar-refractivity contribution in [1.82, 2.24) is 0 Å². The first-order chi connectivity index (χ1) is 11.5. The molecule has 2 aromatic carbocycles. The Morgan fingerprint density at radius 3 is 2.54 bits per heavy atom. The quantitative estimate of drug-likeness (QED) is 0.891. The summed E-state index contributed by atoms with van der Waals surface area (Å²) in [6.07, 6.45) is 0. The van der Waals surface area contributed by atoms with Crippen LogP contribution in [0.3, 0.4) is 0 Å². The number of ketones is 1. The second-order valence-corrected chi connectivity index (χ2v) is 6.65. The van der Waals surface area contributed by atoms with Gasteiger partial charge < -0.3 is 9.57 Å².